The van der Waals surface area contributed by atoms with Gasteiger partial charge in [-0.3, -0.25) is 9.36 Å². The lowest BCUT2D eigenvalue weighted by Crippen LogP contribution is -2.40. The zero-order valence-electron chi connectivity index (χ0n) is 19.8. The summed E-state index contributed by atoms with van der Waals surface area (Å²) in [6.45, 7) is 7.78. The van der Waals surface area contributed by atoms with Crippen LogP contribution in [0.2, 0.25) is 0 Å². The summed E-state index contributed by atoms with van der Waals surface area (Å²) in [5.74, 6) is 0.780. The van der Waals surface area contributed by atoms with Crippen LogP contribution in [0, 0.1) is 0 Å². The Labute approximate surface area is 206 Å². The Morgan fingerprint density at radius 1 is 1.20 bits per heavy atom. The van der Waals surface area contributed by atoms with Crippen molar-refractivity contribution in [2.75, 3.05) is 20.3 Å². The van der Waals surface area contributed by atoms with Crippen molar-refractivity contribution in [1.29, 1.82) is 0 Å². The minimum Gasteiger partial charge on any atom is -0.496 e. The molecule has 0 N–H and O–H groups in total. The van der Waals surface area contributed by atoms with E-state index in [1.165, 1.54) is 11.3 Å². The highest BCUT2D eigenvalue weighted by Crippen LogP contribution is 2.35. The minimum absolute atomic E-state index is 0.213. The number of fused-ring (bicyclic) bond motifs is 1. The summed E-state index contributed by atoms with van der Waals surface area (Å²) < 4.78 is 18.5. The topological polar surface area (TPSA) is 79.1 Å². The number of aromatic nitrogens is 1. The van der Waals surface area contributed by atoms with Gasteiger partial charge in [0.05, 0.1) is 29.5 Å². The number of hydrogen-bond acceptors (Lipinski definition) is 7. The first kappa shape index (κ1) is 24.2. The number of nitrogens with zero attached hydrogens (tertiary/aromatic N) is 2. The Balaban J connectivity index is 1.88. The van der Waals surface area contributed by atoms with Crippen LogP contribution in [0.25, 0.3) is 6.08 Å². The van der Waals surface area contributed by atoms with Crippen molar-refractivity contribution >= 4 is 23.4 Å². The second-order valence-corrected chi connectivity index (χ2v) is 8.72. The van der Waals surface area contributed by atoms with Gasteiger partial charge in [-0.1, -0.05) is 54.3 Å². The van der Waals surface area contributed by atoms with Gasteiger partial charge in [-0.15, -0.1) is 0 Å². The summed E-state index contributed by atoms with van der Waals surface area (Å²) in [6.07, 6.45) is 3.49. The third kappa shape index (κ3) is 4.83. The molecule has 0 amide bonds. The van der Waals surface area contributed by atoms with E-state index >= 15 is 0 Å². The molecular formula is C27H26N2O5S. The van der Waals surface area contributed by atoms with Crippen molar-refractivity contribution in [1.82, 2.24) is 4.57 Å². The number of carbonyl (C=O) groups excluding carboxylic acids is 1. The number of hydrogen-bond donors (Lipinski definition) is 0. The number of allylic oxidation sites excluding steroid dienone is 1. The number of carbonyl (C=O) groups is 1. The summed E-state index contributed by atoms with van der Waals surface area (Å²) in [6, 6.07) is 14.1. The molecule has 0 saturated heterocycles. The van der Waals surface area contributed by atoms with Crippen LogP contribution < -0.4 is 24.4 Å². The van der Waals surface area contributed by atoms with Crippen LogP contribution in [0.5, 0.6) is 11.5 Å². The number of rotatable bonds is 8. The molecule has 0 unspecified atom stereocenters. The smallest absolute Gasteiger partial charge is 0.338 e. The lowest BCUT2D eigenvalue weighted by atomic mass is 9.95. The Bertz CT molecular complexity index is 1460. The zero-order chi connectivity index (χ0) is 24.9. The first-order valence-corrected chi connectivity index (χ1v) is 12.0. The van der Waals surface area contributed by atoms with Crippen LogP contribution in [-0.4, -0.2) is 30.9 Å². The highest BCUT2D eigenvalue weighted by atomic mass is 32.1. The predicted molar refractivity (Wildman–Crippen MR) is 136 cm³/mol. The molecule has 3 aromatic rings. The van der Waals surface area contributed by atoms with E-state index in [0.29, 0.717) is 38.5 Å². The molecule has 0 bridgehead atoms. The molecule has 0 spiro atoms. The molecule has 0 saturated carbocycles. The highest BCUT2D eigenvalue weighted by Gasteiger charge is 2.34. The van der Waals surface area contributed by atoms with Crippen LogP contribution in [0.3, 0.4) is 0 Å². The number of methoxy groups -OCH3 is 1. The molecule has 0 fully saturated rings. The standard InChI is InChI=1S/C27H26N2O5S/c1-5-15-34-19-13-11-18(12-14-19)16-22-25(30)29-24(20-9-7-8-10-21(20)32-4)23(26(31)33-6-2)17(3)28-27(29)35-22/h5,7-14,16,24H,1,6,15H2,2-4H3/b22-16+/t24-/m0/s1. The summed E-state index contributed by atoms with van der Waals surface area (Å²) in [5.41, 5.74) is 2.11. The van der Waals surface area contributed by atoms with Crippen molar-refractivity contribution in [3.05, 3.63) is 103 Å². The lowest BCUT2D eigenvalue weighted by Gasteiger charge is -2.25. The van der Waals surface area contributed by atoms with E-state index in [9.17, 15) is 9.59 Å². The van der Waals surface area contributed by atoms with Gasteiger partial charge in [-0.25, -0.2) is 9.79 Å². The third-order valence-electron chi connectivity index (χ3n) is 5.50. The first-order chi connectivity index (χ1) is 17.0. The quantitative estimate of drug-likeness (QED) is 0.357. The molecule has 7 nitrogen and oxygen atoms in total. The Morgan fingerprint density at radius 3 is 2.63 bits per heavy atom. The summed E-state index contributed by atoms with van der Waals surface area (Å²) >= 11 is 1.27. The normalized spacial score (nSPS) is 15.3. The predicted octanol–water partition coefficient (Wildman–Crippen LogP) is 3.37. The summed E-state index contributed by atoms with van der Waals surface area (Å²) in [7, 11) is 1.56. The molecule has 2 aromatic carbocycles. The fraction of sp³-hybridized carbons (Fsp3) is 0.222. The molecule has 0 aliphatic carbocycles. The monoisotopic (exact) mass is 490 g/mol. The van der Waals surface area contributed by atoms with Gasteiger partial charge < -0.3 is 14.2 Å². The second kappa shape index (κ2) is 10.6. The molecular weight excluding hydrogens is 464 g/mol. The molecule has 180 valence electrons. The van der Waals surface area contributed by atoms with Gasteiger partial charge in [0.15, 0.2) is 4.80 Å². The van der Waals surface area contributed by atoms with E-state index in [4.69, 9.17) is 14.2 Å². The average molecular weight is 491 g/mol. The van der Waals surface area contributed by atoms with Gasteiger partial charge in [0, 0.05) is 5.56 Å². The van der Waals surface area contributed by atoms with Crippen molar-refractivity contribution in [2.45, 2.75) is 19.9 Å². The number of benzene rings is 2. The van der Waals surface area contributed by atoms with E-state index in [0.717, 1.165) is 11.3 Å². The van der Waals surface area contributed by atoms with Crippen LogP contribution in [0.15, 0.2) is 82.2 Å². The van der Waals surface area contributed by atoms with E-state index in [1.54, 1.807) is 37.7 Å². The number of para-hydroxylation sites is 1. The number of ether oxygens (including phenoxy) is 3. The van der Waals surface area contributed by atoms with Gasteiger partial charge in [-0.2, -0.15) is 0 Å². The highest BCUT2D eigenvalue weighted by molar-refractivity contribution is 7.07. The van der Waals surface area contributed by atoms with Crippen LogP contribution in [0.4, 0.5) is 0 Å². The zero-order valence-corrected chi connectivity index (χ0v) is 20.6. The van der Waals surface area contributed by atoms with Crippen LogP contribution in [-0.2, 0) is 9.53 Å². The van der Waals surface area contributed by atoms with Gasteiger partial charge in [0.2, 0.25) is 0 Å². The van der Waals surface area contributed by atoms with E-state index in [2.05, 4.69) is 11.6 Å². The fourth-order valence-corrected chi connectivity index (χ4v) is 4.99. The first-order valence-electron chi connectivity index (χ1n) is 11.1. The average Bonchev–Trinajstić information content (AvgIpc) is 3.17. The second-order valence-electron chi connectivity index (χ2n) is 7.71. The van der Waals surface area contributed by atoms with Crippen molar-refractivity contribution in [3.63, 3.8) is 0 Å². The molecule has 2 heterocycles. The van der Waals surface area contributed by atoms with Gasteiger partial charge >= 0.3 is 5.97 Å². The Morgan fingerprint density at radius 2 is 1.94 bits per heavy atom. The molecule has 35 heavy (non-hydrogen) atoms. The molecule has 1 atom stereocenters. The largest absolute Gasteiger partial charge is 0.496 e. The fourth-order valence-electron chi connectivity index (χ4n) is 3.94. The SMILES string of the molecule is C=CCOc1ccc(/C=c2/sc3n(c2=O)[C@@H](c2ccccc2OC)C(C(=O)OCC)=C(C)N=3)cc1. The molecule has 8 heteroatoms. The summed E-state index contributed by atoms with van der Waals surface area (Å²) in [4.78, 5) is 31.8. The molecule has 4 rings (SSSR count). The lowest BCUT2D eigenvalue weighted by molar-refractivity contribution is -0.139. The van der Waals surface area contributed by atoms with E-state index in [1.807, 2.05) is 48.5 Å². The van der Waals surface area contributed by atoms with Gasteiger partial charge in [-0.05, 0) is 43.7 Å². The Kier molecular flexibility index (Phi) is 7.31. The van der Waals surface area contributed by atoms with Gasteiger partial charge in [0.25, 0.3) is 5.56 Å². The minimum atomic E-state index is -0.724. The molecule has 1 aliphatic heterocycles. The molecule has 0 radical (unpaired) electrons. The molecule has 1 aromatic heterocycles. The summed E-state index contributed by atoms with van der Waals surface area (Å²) in [5, 5.41) is 0. The Hall–Kier alpha value is -3.91. The van der Waals surface area contributed by atoms with Crippen molar-refractivity contribution in [2.24, 2.45) is 4.99 Å². The maximum absolute atomic E-state index is 13.7. The molecule has 1 aliphatic rings. The van der Waals surface area contributed by atoms with Crippen molar-refractivity contribution in [3.8, 4) is 11.5 Å². The maximum Gasteiger partial charge on any atom is 0.338 e. The van der Waals surface area contributed by atoms with Crippen LogP contribution >= 0.6 is 11.3 Å². The number of esters is 1. The van der Waals surface area contributed by atoms with E-state index < -0.39 is 12.0 Å². The number of thiazole rings is 1. The van der Waals surface area contributed by atoms with Crippen molar-refractivity contribution < 1.29 is 19.0 Å². The maximum atomic E-state index is 13.7. The third-order valence-corrected chi connectivity index (χ3v) is 6.48. The van der Waals surface area contributed by atoms with Gasteiger partial charge in [0.1, 0.15) is 24.1 Å². The van der Waals surface area contributed by atoms with E-state index in [-0.39, 0.29) is 12.2 Å². The van der Waals surface area contributed by atoms with Crippen LogP contribution in [0.1, 0.15) is 31.0 Å².